The van der Waals surface area contributed by atoms with E-state index in [2.05, 4.69) is 16.3 Å². The van der Waals surface area contributed by atoms with Crippen molar-refractivity contribution in [3.8, 4) is 0 Å². The number of thiazole rings is 1. The molecule has 24 heavy (non-hydrogen) atoms. The number of carbonyl (C=O) groups is 1. The zero-order valence-electron chi connectivity index (χ0n) is 13.6. The first kappa shape index (κ1) is 15.7. The lowest BCUT2D eigenvalue weighted by atomic mass is 10.2. The molecule has 1 atom stereocenters. The molecule has 128 valence electrons. The average Bonchev–Trinajstić information content (AvgIpc) is 3.29. The Morgan fingerprint density at radius 3 is 2.88 bits per heavy atom. The number of nitrogens with one attached hydrogen (secondary N) is 1. The molecule has 0 saturated carbocycles. The Morgan fingerprint density at radius 2 is 2.12 bits per heavy atom. The number of piperazine rings is 1. The fourth-order valence-corrected chi connectivity index (χ4v) is 4.23. The van der Waals surface area contributed by atoms with Gasteiger partial charge >= 0.3 is 6.03 Å². The van der Waals surface area contributed by atoms with Crippen molar-refractivity contribution in [1.82, 2.24) is 15.2 Å². The summed E-state index contributed by atoms with van der Waals surface area (Å²) >= 11 is 1.72. The quantitative estimate of drug-likeness (QED) is 0.927. The number of hydrogen-bond acceptors (Lipinski definition) is 5. The Hall–Kier alpha value is -1.86. The van der Waals surface area contributed by atoms with Crippen LogP contribution in [0.25, 0.3) is 10.2 Å². The summed E-state index contributed by atoms with van der Waals surface area (Å²) in [6.45, 7) is 4.55. The highest BCUT2D eigenvalue weighted by atomic mass is 32.1. The van der Waals surface area contributed by atoms with Gasteiger partial charge in [-0.05, 0) is 25.0 Å². The number of ether oxygens (including phenoxy) is 1. The fraction of sp³-hybridized carbons (Fsp3) is 0.529. The molecule has 2 aliphatic heterocycles. The molecule has 0 bridgehead atoms. The van der Waals surface area contributed by atoms with Crippen molar-refractivity contribution in [3.05, 3.63) is 24.3 Å². The van der Waals surface area contributed by atoms with Crippen LogP contribution in [0, 0.1) is 0 Å². The van der Waals surface area contributed by atoms with Gasteiger partial charge in [0.2, 0.25) is 0 Å². The highest BCUT2D eigenvalue weighted by Gasteiger charge is 2.24. The largest absolute Gasteiger partial charge is 0.376 e. The molecule has 1 aromatic heterocycles. The first-order chi connectivity index (χ1) is 11.8. The molecule has 1 aromatic carbocycles. The standard InChI is InChI=1S/C17H22N4O2S/c22-16(18-12-13-4-3-11-23-13)20-7-9-21(10-8-20)17-19-14-5-1-2-6-15(14)24-17/h1-2,5-6,13H,3-4,7-12H2,(H,18,22)/t13-/m0/s1. The van der Waals surface area contributed by atoms with Gasteiger partial charge in [0, 0.05) is 39.3 Å². The molecule has 1 N–H and O–H groups in total. The second-order valence-corrected chi connectivity index (χ2v) is 7.27. The van der Waals surface area contributed by atoms with Crippen molar-refractivity contribution in [2.24, 2.45) is 0 Å². The van der Waals surface area contributed by atoms with E-state index in [1.165, 1.54) is 4.70 Å². The molecule has 0 aliphatic carbocycles. The van der Waals surface area contributed by atoms with Gasteiger partial charge in [-0.1, -0.05) is 23.5 Å². The smallest absolute Gasteiger partial charge is 0.317 e. The van der Waals surface area contributed by atoms with Crippen molar-refractivity contribution in [2.45, 2.75) is 18.9 Å². The Labute approximate surface area is 145 Å². The topological polar surface area (TPSA) is 57.7 Å². The fourth-order valence-electron chi connectivity index (χ4n) is 3.21. The van der Waals surface area contributed by atoms with Crippen LogP contribution in [0.2, 0.25) is 0 Å². The summed E-state index contributed by atoms with van der Waals surface area (Å²) in [6, 6.07) is 8.23. The Bertz CT molecular complexity index is 672. The highest BCUT2D eigenvalue weighted by molar-refractivity contribution is 7.22. The van der Waals surface area contributed by atoms with Gasteiger partial charge in [-0.3, -0.25) is 0 Å². The highest BCUT2D eigenvalue weighted by Crippen LogP contribution is 2.29. The van der Waals surface area contributed by atoms with Gasteiger partial charge < -0.3 is 19.9 Å². The number of para-hydroxylation sites is 1. The van der Waals surface area contributed by atoms with Crippen LogP contribution in [0.1, 0.15) is 12.8 Å². The molecule has 2 amide bonds. The first-order valence-corrected chi connectivity index (χ1v) is 9.36. The summed E-state index contributed by atoms with van der Waals surface area (Å²) in [5.41, 5.74) is 1.05. The van der Waals surface area contributed by atoms with E-state index in [4.69, 9.17) is 9.72 Å². The molecule has 0 radical (unpaired) electrons. The summed E-state index contributed by atoms with van der Waals surface area (Å²) < 4.78 is 6.76. The maximum absolute atomic E-state index is 12.3. The molecule has 2 saturated heterocycles. The van der Waals surface area contributed by atoms with Crippen LogP contribution in [0.4, 0.5) is 9.93 Å². The molecule has 0 spiro atoms. The molecule has 2 fully saturated rings. The average molecular weight is 346 g/mol. The van der Waals surface area contributed by atoms with Crippen molar-refractivity contribution in [1.29, 1.82) is 0 Å². The molecule has 2 aromatic rings. The van der Waals surface area contributed by atoms with Crippen LogP contribution >= 0.6 is 11.3 Å². The first-order valence-electron chi connectivity index (χ1n) is 8.54. The summed E-state index contributed by atoms with van der Waals surface area (Å²) in [6.07, 6.45) is 2.34. The van der Waals surface area contributed by atoms with Crippen LogP contribution < -0.4 is 10.2 Å². The minimum absolute atomic E-state index is 0.0226. The third-order valence-corrected chi connectivity index (χ3v) is 5.72. The molecule has 4 rings (SSSR count). The van der Waals surface area contributed by atoms with Crippen LogP contribution in [-0.2, 0) is 4.74 Å². The number of rotatable bonds is 3. The summed E-state index contributed by atoms with van der Waals surface area (Å²) in [4.78, 5) is 21.1. The molecule has 3 heterocycles. The van der Waals surface area contributed by atoms with E-state index >= 15 is 0 Å². The summed E-state index contributed by atoms with van der Waals surface area (Å²) in [7, 11) is 0. The number of fused-ring (bicyclic) bond motifs is 1. The van der Waals surface area contributed by atoms with Crippen LogP contribution in [0.3, 0.4) is 0 Å². The number of amides is 2. The maximum atomic E-state index is 12.3. The molecule has 2 aliphatic rings. The zero-order chi connectivity index (χ0) is 16.4. The van der Waals surface area contributed by atoms with Crippen molar-refractivity contribution in [3.63, 3.8) is 0 Å². The third-order valence-electron chi connectivity index (χ3n) is 4.62. The van der Waals surface area contributed by atoms with Crippen molar-refractivity contribution >= 4 is 32.7 Å². The summed E-state index contributed by atoms with van der Waals surface area (Å²) in [5.74, 6) is 0. The van der Waals surface area contributed by atoms with Crippen LogP contribution in [-0.4, -0.2) is 61.3 Å². The predicted octanol–water partition coefficient (Wildman–Crippen LogP) is 2.31. The molecule has 0 unspecified atom stereocenters. The van der Waals surface area contributed by atoms with E-state index < -0.39 is 0 Å². The van der Waals surface area contributed by atoms with Gasteiger partial charge in [-0.15, -0.1) is 0 Å². The Kier molecular flexibility index (Phi) is 4.53. The van der Waals surface area contributed by atoms with E-state index in [9.17, 15) is 4.79 Å². The number of urea groups is 1. The Morgan fingerprint density at radius 1 is 1.29 bits per heavy atom. The van der Waals surface area contributed by atoms with E-state index in [1.54, 1.807) is 11.3 Å². The molecule has 7 heteroatoms. The number of anilines is 1. The molecule has 6 nitrogen and oxygen atoms in total. The van der Waals surface area contributed by atoms with Gasteiger partial charge in [-0.25, -0.2) is 9.78 Å². The lowest BCUT2D eigenvalue weighted by Crippen LogP contribution is -2.52. The number of nitrogens with zero attached hydrogens (tertiary/aromatic N) is 3. The van der Waals surface area contributed by atoms with Crippen molar-refractivity contribution in [2.75, 3.05) is 44.2 Å². The number of carbonyl (C=O) groups excluding carboxylic acids is 1. The normalized spacial score (nSPS) is 21.4. The summed E-state index contributed by atoms with van der Waals surface area (Å²) in [5, 5.41) is 4.05. The second kappa shape index (κ2) is 6.94. The minimum atomic E-state index is 0.0226. The van der Waals surface area contributed by atoms with E-state index in [0.717, 1.165) is 56.3 Å². The monoisotopic (exact) mass is 346 g/mol. The number of benzene rings is 1. The van der Waals surface area contributed by atoms with Crippen LogP contribution in [0.5, 0.6) is 0 Å². The predicted molar refractivity (Wildman–Crippen MR) is 95.8 cm³/mol. The van der Waals surface area contributed by atoms with Gasteiger partial charge in [0.05, 0.1) is 16.3 Å². The Balaban J connectivity index is 1.30. The van der Waals surface area contributed by atoms with E-state index in [-0.39, 0.29) is 12.1 Å². The van der Waals surface area contributed by atoms with Crippen LogP contribution in [0.15, 0.2) is 24.3 Å². The van der Waals surface area contributed by atoms with Gasteiger partial charge in [0.25, 0.3) is 0 Å². The lowest BCUT2D eigenvalue weighted by molar-refractivity contribution is 0.108. The van der Waals surface area contributed by atoms with E-state index in [1.807, 2.05) is 23.1 Å². The number of aromatic nitrogens is 1. The lowest BCUT2D eigenvalue weighted by Gasteiger charge is -2.34. The third kappa shape index (κ3) is 3.32. The zero-order valence-corrected chi connectivity index (χ0v) is 14.4. The second-order valence-electron chi connectivity index (χ2n) is 6.26. The SMILES string of the molecule is O=C(NC[C@@H]1CCCO1)N1CCN(c2nc3ccccc3s2)CC1. The van der Waals surface area contributed by atoms with Crippen molar-refractivity contribution < 1.29 is 9.53 Å². The number of hydrogen-bond donors (Lipinski definition) is 1. The molecular weight excluding hydrogens is 324 g/mol. The molecular formula is C17H22N4O2S. The van der Waals surface area contributed by atoms with Gasteiger partial charge in [-0.2, -0.15) is 0 Å². The van der Waals surface area contributed by atoms with Gasteiger partial charge in [0.1, 0.15) is 0 Å². The maximum Gasteiger partial charge on any atom is 0.317 e. The van der Waals surface area contributed by atoms with E-state index in [0.29, 0.717) is 6.54 Å². The minimum Gasteiger partial charge on any atom is -0.376 e. The van der Waals surface area contributed by atoms with Gasteiger partial charge in [0.15, 0.2) is 5.13 Å².